The quantitative estimate of drug-likeness (QED) is 0.436. The van der Waals surface area contributed by atoms with Gasteiger partial charge >= 0.3 is 6.18 Å². The van der Waals surface area contributed by atoms with E-state index >= 15 is 0 Å². The van der Waals surface area contributed by atoms with Gasteiger partial charge in [0.25, 0.3) is 0 Å². The SMILES string of the molecule is FC(F)(F)c1ccc(-c2cncnc2)c(Oc2nn3cnnc3c3ccccc23)c1. The zero-order valence-electron chi connectivity index (χ0n) is 15.1. The molecular formula is C20H11F3N6O. The monoisotopic (exact) mass is 408 g/mol. The topological polar surface area (TPSA) is 78.1 Å². The number of alkyl halides is 3. The number of halogens is 3. The molecule has 0 bridgehead atoms. The van der Waals surface area contributed by atoms with Gasteiger partial charge in [0.2, 0.25) is 5.88 Å². The van der Waals surface area contributed by atoms with Gasteiger partial charge in [0.1, 0.15) is 18.4 Å². The molecule has 0 aliphatic carbocycles. The summed E-state index contributed by atoms with van der Waals surface area (Å²) in [6, 6.07) is 10.4. The Labute approximate surface area is 166 Å². The molecule has 148 valence electrons. The van der Waals surface area contributed by atoms with Gasteiger partial charge in [0, 0.05) is 34.3 Å². The van der Waals surface area contributed by atoms with Crippen molar-refractivity contribution in [3.63, 3.8) is 0 Å². The van der Waals surface area contributed by atoms with Crippen LogP contribution in [0.3, 0.4) is 0 Å². The number of benzene rings is 2. The highest BCUT2D eigenvalue weighted by Crippen LogP contribution is 2.39. The van der Waals surface area contributed by atoms with Crippen molar-refractivity contribution in [3.8, 4) is 22.8 Å². The largest absolute Gasteiger partial charge is 0.436 e. The van der Waals surface area contributed by atoms with Crippen LogP contribution in [0.4, 0.5) is 13.2 Å². The van der Waals surface area contributed by atoms with E-state index < -0.39 is 11.7 Å². The van der Waals surface area contributed by atoms with Crippen LogP contribution in [0.2, 0.25) is 0 Å². The Morgan fingerprint density at radius 1 is 0.933 bits per heavy atom. The molecule has 3 aromatic heterocycles. The maximum Gasteiger partial charge on any atom is 0.416 e. The predicted octanol–water partition coefficient (Wildman–Crippen LogP) is 4.55. The lowest BCUT2D eigenvalue weighted by Gasteiger charge is -2.15. The van der Waals surface area contributed by atoms with Crippen LogP contribution in [0.1, 0.15) is 5.56 Å². The molecule has 0 atom stereocenters. The highest BCUT2D eigenvalue weighted by Gasteiger charge is 2.31. The average Bonchev–Trinajstić information content (AvgIpc) is 3.23. The van der Waals surface area contributed by atoms with E-state index in [1.165, 1.54) is 35.6 Å². The van der Waals surface area contributed by atoms with Gasteiger partial charge in [0.15, 0.2) is 5.65 Å². The van der Waals surface area contributed by atoms with Crippen molar-refractivity contribution in [2.45, 2.75) is 6.18 Å². The van der Waals surface area contributed by atoms with Gasteiger partial charge in [-0.05, 0) is 24.3 Å². The van der Waals surface area contributed by atoms with E-state index in [1.807, 2.05) is 12.1 Å². The lowest BCUT2D eigenvalue weighted by Crippen LogP contribution is -2.06. The molecule has 3 heterocycles. The number of hydrogen-bond donors (Lipinski definition) is 0. The number of ether oxygens (including phenoxy) is 1. The van der Waals surface area contributed by atoms with E-state index in [9.17, 15) is 13.2 Å². The third-order valence-electron chi connectivity index (χ3n) is 4.51. The van der Waals surface area contributed by atoms with Crippen LogP contribution in [-0.4, -0.2) is 29.8 Å². The Morgan fingerprint density at radius 2 is 1.70 bits per heavy atom. The van der Waals surface area contributed by atoms with Crippen molar-refractivity contribution in [3.05, 3.63) is 73.1 Å². The minimum absolute atomic E-state index is 0.0234. The van der Waals surface area contributed by atoms with Gasteiger partial charge in [0.05, 0.1) is 5.56 Å². The first-order valence-electron chi connectivity index (χ1n) is 8.74. The van der Waals surface area contributed by atoms with Gasteiger partial charge in [-0.1, -0.05) is 18.2 Å². The van der Waals surface area contributed by atoms with Gasteiger partial charge in [-0.3, -0.25) is 0 Å². The standard InChI is InChI=1S/C20H11F3N6O/c21-20(22,23)13-5-6-14(12-8-24-10-25-9-12)17(7-13)30-19-16-4-2-1-3-15(16)18-27-26-11-29(18)28-19/h1-11H. The Bertz CT molecular complexity index is 1370. The smallest absolute Gasteiger partial charge is 0.416 e. The third kappa shape index (κ3) is 3.08. The van der Waals surface area contributed by atoms with Crippen LogP contribution in [0.25, 0.3) is 27.5 Å². The highest BCUT2D eigenvalue weighted by molar-refractivity contribution is 5.96. The molecule has 2 aromatic carbocycles. The van der Waals surface area contributed by atoms with Gasteiger partial charge in [-0.25, -0.2) is 9.97 Å². The first kappa shape index (κ1) is 18.0. The van der Waals surface area contributed by atoms with Crippen molar-refractivity contribution in [1.29, 1.82) is 0 Å². The van der Waals surface area contributed by atoms with Crippen LogP contribution >= 0.6 is 0 Å². The van der Waals surface area contributed by atoms with E-state index in [4.69, 9.17) is 4.74 Å². The maximum atomic E-state index is 13.3. The second-order valence-electron chi connectivity index (χ2n) is 6.39. The summed E-state index contributed by atoms with van der Waals surface area (Å²) in [7, 11) is 0. The molecule has 0 radical (unpaired) electrons. The van der Waals surface area contributed by atoms with Gasteiger partial charge in [-0.15, -0.1) is 15.3 Å². The minimum Gasteiger partial charge on any atom is -0.436 e. The summed E-state index contributed by atoms with van der Waals surface area (Å²) >= 11 is 0. The maximum absolute atomic E-state index is 13.3. The van der Waals surface area contributed by atoms with Crippen LogP contribution in [0, 0.1) is 0 Å². The van der Waals surface area contributed by atoms with E-state index in [2.05, 4.69) is 25.3 Å². The summed E-state index contributed by atoms with van der Waals surface area (Å²) in [5.41, 5.74) is 0.584. The molecule has 0 saturated carbocycles. The summed E-state index contributed by atoms with van der Waals surface area (Å²) in [5, 5.41) is 13.5. The Balaban J connectivity index is 1.72. The van der Waals surface area contributed by atoms with Crippen molar-refractivity contribution >= 4 is 16.4 Å². The minimum atomic E-state index is -4.53. The summed E-state index contributed by atoms with van der Waals surface area (Å²) in [6.07, 6.45) is 1.20. The molecule has 0 saturated heterocycles. The normalized spacial score (nSPS) is 11.8. The summed E-state index contributed by atoms with van der Waals surface area (Å²) in [4.78, 5) is 7.88. The van der Waals surface area contributed by atoms with E-state index in [0.29, 0.717) is 27.5 Å². The summed E-state index contributed by atoms with van der Waals surface area (Å²) in [5.74, 6) is 0.0972. The Hall–Kier alpha value is -4.08. The van der Waals surface area contributed by atoms with E-state index in [-0.39, 0.29) is 11.6 Å². The second kappa shape index (κ2) is 6.76. The first-order chi connectivity index (χ1) is 14.5. The highest BCUT2D eigenvalue weighted by atomic mass is 19.4. The van der Waals surface area contributed by atoms with Gasteiger partial charge in [-0.2, -0.15) is 17.7 Å². The number of hydrogen-bond acceptors (Lipinski definition) is 6. The predicted molar refractivity (Wildman–Crippen MR) is 101 cm³/mol. The van der Waals surface area contributed by atoms with E-state index in [0.717, 1.165) is 12.1 Å². The summed E-state index contributed by atoms with van der Waals surface area (Å²) < 4.78 is 47.4. The van der Waals surface area contributed by atoms with Crippen LogP contribution in [0.15, 0.2) is 67.5 Å². The molecular weight excluding hydrogens is 397 g/mol. The fourth-order valence-electron chi connectivity index (χ4n) is 3.14. The molecule has 0 amide bonds. The van der Waals surface area contributed by atoms with E-state index in [1.54, 1.807) is 12.1 Å². The number of rotatable bonds is 3. The molecule has 0 N–H and O–H groups in total. The lowest BCUT2D eigenvalue weighted by atomic mass is 10.0. The third-order valence-corrected chi connectivity index (χ3v) is 4.51. The molecule has 10 heteroatoms. The van der Waals surface area contributed by atoms with Crippen LogP contribution in [0.5, 0.6) is 11.6 Å². The first-order valence-corrected chi connectivity index (χ1v) is 8.74. The molecule has 5 rings (SSSR count). The molecule has 0 aliphatic heterocycles. The molecule has 7 nitrogen and oxygen atoms in total. The Morgan fingerprint density at radius 3 is 2.47 bits per heavy atom. The summed E-state index contributed by atoms with van der Waals surface area (Å²) in [6.45, 7) is 0. The van der Waals surface area contributed by atoms with Gasteiger partial charge < -0.3 is 4.74 Å². The zero-order valence-corrected chi connectivity index (χ0v) is 15.1. The molecule has 30 heavy (non-hydrogen) atoms. The van der Waals surface area contributed by atoms with Crippen molar-refractivity contribution in [1.82, 2.24) is 29.8 Å². The lowest BCUT2D eigenvalue weighted by molar-refractivity contribution is -0.137. The second-order valence-corrected chi connectivity index (χ2v) is 6.39. The molecule has 0 unspecified atom stereocenters. The molecule has 5 aromatic rings. The number of nitrogens with zero attached hydrogens (tertiary/aromatic N) is 6. The van der Waals surface area contributed by atoms with Crippen molar-refractivity contribution in [2.75, 3.05) is 0 Å². The Kier molecular flexibility index (Phi) is 4.05. The fraction of sp³-hybridized carbons (Fsp3) is 0.0500. The molecule has 0 aliphatic rings. The number of aromatic nitrogens is 6. The average molecular weight is 408 g/mol. The zero-order chi connectivity index (χ0) is 20.7. The fourth-order valence-corrected chi connectivity index (χ4v) is 3.14. The van der Waals surface area contributed by atoms with Crippen molar-refractivity contribution in [2.24, 2.45) is 0 Å². The van der Waals surface area contributed by atoms with Crippen LogP contribution < -0.4 is 4.74 Å². The molecule has 0 spiro atoms. The number of fused-ring (bicyclic) bond motifs is 3. The molecule has 0 fully saturated rings. The van der Waals surface area contributed by atoms with Crippen molar-refractivity contribution < 1.29 is 17.9 Å². The van der Waals surface area contributed by atoms with Crippen LogP contribution in [-0.2, 0) is 6.18 Å².